The van der Waals surface area contributed by atoms with Gasteiger partial charge in [0.25, 0.3) is 0 Å². The van der Waals surface area contributed by atoms with Crippen LogP contribution in [0.25, 0.3) is 11.0 Å². The Balaban J connectivity index is 1.57. The number of carbonyl (C=O) groups is 1. The first-order valence-corrected chi connectivity index (χ1v) is 7.60. The van der Waals surface area contributed by atoms with Gasteiger partial charge in [-0.15, -0.1) is 0 Å². The fourth-order valence-electron chi connectivity index (χ4n) is 3.08. The third-order valence-corrected chi connectivity index (χ3v) is 4.23. The smallest absolute Gasteiger partial charge is 0.224 e. The number of likely N-dealkylation sites (tertiary alicyclic amines) is 1. The van der Waals surface area contributed by atoms with Crippen molar-refractivity contribution in [3.8, 4) is 0 Å². The van der Waals surface area contributed by atoms with Gasteiger partial charge in [-0.1, -0.05) is 12.1 Å². The van der Waals surface area contributed by atoms with Crippen LogP contribution in [-0.2, 0) is 11.3 Å². The topological polar surface area (TPSA) is 50.2 Å². The summed E-state index contributed by atoms with van der Waals surface area (Å²) in [4.78, 5) is 18.7. The van der Waals surface area contributed by atoms with E-state index in [1.165, 1.54) is 0 Å². The first kappa shape index (κ1) is 14.1. The van der Waals surface area contributed by atoms with Crippen molar-refractivity contribution in [2.75, 3.05) is 26.7 Å². The SMILES string of the molecule is CNCC1CCN(C(=O)CCn2cnc3ccccc32)C1. The number of para-hydroxylation sites is 2. The number of aromatic nitrogens is 2. The average Bonchev–Trinajstić information content (AvgIpc) is 3.12. The molecule has 1 fully saturated rings. The summed E-state index contributed by atoms with van der Waals surface area (Å²) in [6.07, 6.45) is 3.49. The molecule has 1 aliphatic heterocycles. The maximum Gasteiger partial charge on any atom is 0.224 e. The molecule has 112 valence electrons. The van der Waals surface area contributed by atoms with E-state index < -0.39 is 0 Å². The molecule has 1 atom stereocenters. The first-order chi connectivity index (χ1) is 10.3. The molecule has 2 heterocycles. The van der Waals surface area contributed by atoms with Gasteiger partial charge in [-0.3, -0.25) is 4.79 Å². The summed E-state index contributed by atoms with van der Waals surface area (Å²) < 4.78 is 2.06. The number of nitrogens with one attached hydrogen (secondary N) is 1. The predicted molar refractivity (Wildman–Crippen MR) is 83.0 cm³/mol. The van der Waals surface area contributed by atoms with E-state index in [1.54, 1.807) is 0 Å². The summed E-state index contributed by atoms with van der Waals surface area (Å²) in [7, 11) is 1.97. The second kappa shape index (κ2) is 6.26. The zero-order valence-corrected chi connectivity index (χ0v) is 12.5. The molecule has 2 aromatic rings. The van der Waals surface area contributed by atoms with E-state index in [0.29, 0.717) is 18.9 Å². The molecular formula is C16H22N4O. The lowest BCUT2D eigenvalue weighted by atomic mass is 10.1. The molecule has 21 heavy (non-hydrogen) atoms. The van der Waals surface area contributed by atoms with Crippen molar-refractivity contribution in [2.24, 2.45) is 5.92 Å². The first-order valence-electron chi connectivity index (χ1n) is 7.60. The van der Waals surface area contributed by atoms with E-state index >= 15 is 0 Å². The lowest BCUT2D eigenvalue weighted by Gasteiger charge is -2.16. The van der Waals surface area contributed by atoms with Crippen molar-refractivity contribution in [1.29, 1.82) is 0 Å². The number of carbonyl (C=O) groups excluding carboxylic acids is 1. The fraction of sp³-hybridized carbons (Fsp3) is 0.500. The van der Waals surface area contributed by atoms with Crippen molar-refractivity contribution in [2.45, 2.75) is 19.4 Å². The summed E-state index contributed by atoms with van der Waals surface area (Å²) in [5, 5.41) is 3.19. The molecule has 0 bridgehead atoms. The summed E-state index contributed by atoms with van der Waals surface area (Å²) >= 11 is 0. The molecular weight excluding hydrogens is 264 g/mol. The summed E-state index contributed by atoms with van der Waals surface area (Å²) in [6, 6.07) is 8.03. The molecule has 0 radical (unpaired) electrons. The maximum atomic E-state index is 12.3. The second-order valence-corrected chi connectivity index (χ2v) is 5.73. The highest BCUT2D eigenvalue weighted by Gasteiger charge is 2.25. The highest BCUT2D eigenvalue weighted by Crippen LogP contribution is 2.17. The minimum Gasteiger partial charge on any atom is -0.342 e. The summed E-state index contributed by atoms with van der Waals surface area (Å²) in [6.45, 7) is 3.49. The molecule has 0 saturated carbocycles. The van der Waals surface area contributed by atoms with E-state index in [-0.39, 0.29) is 5.91 Å². The predicted octanol–water partition coefficient (Wildman–Crippen LogP) is 1.49. The van der Waals surface area contributed by atoms with Gasteiger partial charge in [0.15, 0.2) is 0 Å². The molecule has 5 nitrogen and oxygen atoms in total. The van der Waals surface area contributed by atoms with Gasteiger partial charge in [-0.25, -0.2) is 4.98 Å². The Morgan fingerprint density at radius 1 is 1.43 bits per heavy atom. The highest BCUT2D eigenvalue weighted by atomic mass is 16.2. The highest BCUT2D eigenvalue weighted by molar-refractivity contribution is 5.77. The van der Waals surface area contributed by atoms with Crippen molar-refractivity contribution in [3.05, 3.63) is 30.6 Å². The molecule has 0 spiro atoms. The van der Waals surface area contributed by atoms with E-state index in [9.17, 15) is 4.79 Å². The summed E-state index contributed by atoms with van der Waals surface area (Å²) in [5.74, 6) is 0.861. The quantitative estimate of drug-likeness (QED) is 0.906. The minimum absolute atomic E-state index is 0.256. The van der Waals surface area contributed by atoms with Crippen LogP contribution in [0.3, 0.4) is 0 Å². The Labute approximate surface area is 125 Å². The Morgan fingerprint density at radius 2 is 2.29 bits per heavy atom. The average molecular weight is 286 g/mol. The Bertz CT molecular complexity index is 622. The van der Waals surface area contributed by atoms with Crippen LogP contribution in [0.2, 0.25) is 0 Å². The number of hydrogen-bond acceptors (Lipinski definition) is 3. The van der Waals surface area contributed by atoms with Crippen LogP contribution in [0.5, 0.6) is 0 Å². The zero-order chi connectivity index (χ0) is 14.7. The minimum atomic E-state index is 0.256. The van der Waals surface area contributed by atoms with Crippen molar-refractivity contribution in [1.82, 2.24) is 19.8 Å². The molecule has 1 N–H and O–H groups in total. The third-order valence-electron chi connectivity index (χ3n) is 4.23. The number of hydrogen-bond donors (Lipinski definition) is 1. The van der Waals surface area contributed by atoms with Crippen molar-refractivity contribution in [3.63, 3.8) is 0 Å². The lowest BCUT2D eigenvalue weighted by Crippen LogP contribution is -2.30. The lowest BCUT2D eigenvalue weighted by molar-refractivity contribution is -0.130. The molecule has 1 unspecified atom stereocenters. The van der Waals surface area contributed by atoms with E-state index in [0.717, 1.165) is 37.1 Å². The van der Waals surface area contributed by atoms with Crippen LogP contribution < -0.4 is 5.32 Å². The summed E-state index contributed by atoms with van der Waals surface area (Å²) in [5.41, 5.74) is 2.08. The number of nitrogens with zero attached hydrogens (tertiary/aromatic N) is 3. The van der Waals surface area contributed by atoms with E-state index in [1.807, 2.05) is 42.5 Å². The van der Waals surface area contributed by atoms with Gasteiger partial charge in [0.1, 0.15) is 0 Å². The molecule has 1 aliphatic rings. The number of aryl methyl sites for hydroxylation is 1. The van der Waals surface area contributed by atoms with Crippen LogP contribution >= 0.6 is 0 Å². The molecule has 1 amide bonds. The Morgan fingerprint density at radius 3 is 3.14 bits per heavy atom. The standard InChI is InChI=1S/C16H22N4O/c1-17-10-13-6-8-19(11-13)16(21)7-9-20-12-18-14-4-2-3-5-15(14)20/h2-5,12-13,17H,6-11H2,1H3. The van der Waals surface area contributed by atoms with Crippen LogP contribution in [0, 0.1) is 5.92 Å². The fourth-order valence-corrected chi connectivity index (χ4v) is 3.08. The van der Waals surface area contributed by atoms with Gasteiger partial charge in [-0.05, 0) is 38.1 Å². The molecule has 1 aromatic carbocycles. The van der Waals surface area contributed by atoms with Crippen molar-refractivity contribution < 1.29 is 4.79 Å². The monoisotopic (exact) mass is 286 g/mol. The van der Waals surface area contributed by atoms with Crippen LogP contribution in [0.15, 0.2) is 30.6 Å². The van der Waals surface area contributed by atoms with Gasteiger partial charge in [-0.2, -0.15) is 0 Å². The van der Waals surface area contributed by atoms with Crippen LogP contribution in [0.1, 0.15) is 12.8 Å². The molecule has 1 aromatic heterocycles. The molecule has 5 heteroatoms. The van der Waals surface area contributed by atoms with E-state index in [2.05, 4.69) is 14.9 Å². The van der Waals surface area contributed by atoms with Gasteiger partial charge in [0.05, 0.1) is 17.4 Å². The normalized spacial score (nSPS) is 18.5. The van der Waals surface area contributed by atoms with Gasteiger partial charge in [0.2, 0.25) is 5.91 Å². The van der Waals surface area contributed by atoms with Gasteiger partial charge >= 0.3 is 0 Å². The van der Waals surface area contributed by atoms with Crippen LogP contribution in [0.4, 0.5) is 0 Å². The number of fused-ring (bicyclic) bond motifs is 1. The van der Waals surface area contributed by atoms with Crippen molar-refractivity contribution >= 4 is 16.9 Å². The molecule has 3 rings (SSSR count). The Hall–Kier alpha value is -1.88. The number of amides is 1. The second-order valence-electron chi connectivity index (χ2n) is 5.73. The maximum absolute atomic E-state index is 12.3. The Kier molecular flexibility index (Phi) is 4.20. The zero-order valence-electron chi connectivity index (χ0n) is 12.5. The van der Waals surface area contributed by atoms with E-state index in [4.69, 9.17) is 0 Å². The van der Waals surface area contributed by atoms with Crippen LogP contribution in [-0.4, -0.2) is 47.0 Å². The number of imidazole rings is 1. The molecule has 0 aliphatic carbocycles. The number of rotatable bonds is 5. The largest absolute Gasteiger partial charge is 0.342 e. The van der Waals surface area contributed by atoms with Gasteiger partial charge < -0.3 is 14.8 Å². The molecule has 1 saturated heterocycles. The van der Waals surface area contributed by atoms with Gasteiger partial charge in [0, 0.05) is 26.1 Å². The number of benzene rings is 1. The third kappa shape index (κ3) is 3.08.